The van der Waals surface area contributed by atoms with Gasteiger partial charge < -0.3 is 10.2 Å². The van der Waals surface area contributed by atoms with Crippen molar-refractivity contribution in [1.82, 2.24) is 0 Å². The van der Waals surface area contributed by atoms with E-state index in [9.17, 15) is 0 Å². The highest BCUT2D eigenvalue weighted by Crippen LogP contribution is 2.43. The molecule has 0 rings (SSSR count). The molecule has 0 fully saturated rings. The minimum absolute atomic E-state index is 0.306. The number of aliphatic hydroxyl groups excluding tert-OH is 2. The summed E-state index contributed by atoms with van der Waals surface area (Å²) in [5.74, 6) is 1.36. The summed E-state index contributed by atoms with van der Waals surface area (Å²) in [6.07, 6.45) is 6.44. The third-order valence-corrected chi connectivity index (χ3v) is 4.51. The van der Waals surface area contributed by atoms with Crippen LogP contribution < -0.4 is 0 Å². The van der Waals surface area contributed by atoms with E-state index in [1.54, 1.807) is 0 Å². The van der Waals surface area contributed by atoms with E-state index in [-0.39, 0.29) is 0 Å². The Balaban J connectivity index is 4.52. The van der Waals surface area contributed by atoms with Gasteiger partial charge in [0.25, 0.3) is 0 Å². The van der Waals surface area contributed by atoms with Crippen molar-refractivity contribution in [2.45, 2.75) is 66.2 Å². The van der Waals surface area contributed by atoms with E-state index in [1.165, 1.54) is 12.8 Å². The largest absolute Gasteiger partial charge is 0.396 e. The lowest BCUT2D eigenvalue weighted by molar-refractivity contribution is 0.0808. The van der Waals surface area contributed by atoms with E-state index in [1.807, 2.05) is 0 Å². The van der Waals surface area contributed by atoms with E-state index in [2.05, 4.69) is 27.7 Å². The molecule has 104 valence electrons. The molecule has 0 radical (unpaired) electrons. The predicted octanol–water partition coefficient (Wildman–Crippen LogP) is 3.61. The van der Waals surface area contributed by atoms with Crippen LogP contribution in [0.2, 0.25) is 0 Å². The molecule has 2 unspecified atom stereocenters. The first kappa shape index (κ1) is 16.9. The zero-order valence-electron chi connectivity index (χ0n) is 12.2. The van der Waals surface area contributed by atoms with Crippen LogP contribution in [0.1, 0.15) is 66.2 Å². The van der Waals surface area contributed by atoms with Gasteiger partial charge in [-0.25, -0.2) is 0 Å². The molecule has 0 bridgehead atoms. The molecule has 0 aliphatic rings. The second kappa shape index (κ2) is 8.93. The molecule has 2 N–H and O–H groups in total. The molecule has 0 aliphatic heterocycles. The van der Waals surface area contributed by atoms with Crippen LogP contribution in [-0.2, 0) is 0 Å². The molecule has 0 saturated carbocycles. The molecule has 0 saturated heterocycles. The van der Waals surface area contributed by atoms with Gasteiger partial charge in [0.15, 0.2) is 0 Å². The first-order valence-corrected chi connectivity index (χ1v) is 7.26. The van der Waals surface area contributed by atoms with Gasteiger partial charge in [0, 0.05) is 13.2 Å². The van der Waals surface area contributed by atoms with E-state index < -0.39 is 0 Å². The molecule has 0 amide bonds. The Bertz CT molecular complexity index is 160. The smallest absolute Gasteiger partial charge is 0.0431 e. The summed E-state index contributed by atoms with van der Waals surface area (Å²) in [4.78, 5) is 0. The molecule has 0 aliphatic carbocycles. The molecule has 2 atom stereocenters. The second-order valence-corrected chi connectivity index (χ2v) is 5.76. The summed E-state index contributed by atoms with van der Waals surface area (Å²) >= 11 is 0. The molecule has 0 aromatic carbocycles. The maximum Gasteiger partial charge on any atom is 0.0431 e. The summed E-state index contributed by atoms with van der Waals surface area (Å²) in [6.45, 7) is 9.85. The SMILES string of the molecule is CCC(CCCO)C(C)(C)C(CC)CCCO. The topological polar surface area (TPSA) is 40.5 Å². The standard InChI is InChI=1S/C15H32O2/c1-5-13(9-7-11-16)15(3,4)14(6-2)10-8-12-17/h13-14,16-17H,5-12H2,1-4H3. The fraction of sp³-hybridized carbons (Fsp3) is 1.00. The third kappa shape index (κ3) is 5.39. The van der Waals surface area contributed by atoms with Gasteiger partial charge in [-0.2, -0.15) is 0 Å². The van der Waals surface area contributed by atoms with Crippen molar-refractivity contribution in [3.63, 3.8) is 0 Å². The molecule has 0 spiro atoms. The number of hydrogen-bond acceptors (Lipinski definition) is 2. The average molecular weight is 244 g/mol. The first-order valence-electron chi connectivity index (χ1n) is 7.26. The Morgan fingerprint density at radius 2 is 1.18 bits per heavy atom. The predicted molar refractivity (Wildman–Crippen MR) is 74.0 cm³/mol. The molecule has 0 aromatic rings. The van der Waals surface area contributed by atoms with Gasteiger partial charge in [-0.05, 0) is 42.9 Å². The summed E-state index contributed by atoms with van der Waals surface area (Å²) < 4.78 is 0. The number of aliphatic hydroxyl groups is 2. The molecular weight excluding hydrogens is 212 g/mol. The third-order valence-electron chi connectivity index (χ3n) is 4.51. The Labute approximate surface area is 107 Å². The normalized spacial score (nSPS) is 15.9. The van der Waals surface area contributed by atoms with Gasteiger partial charge >= 0.3 is 0 Å². The zero-order valence-corrected chi connectivity index (χ0v) is 12.2. The monoisotopic (exact) mass is 244 g/mol. The van der Waals surface area contributed by atoms with Crippen molar-refractivity contribution in [2.24, 2.45) is 17.3 Å². The molecule has 0 heterocycles. The van der Waals surface area contributed by atoms with Crippen LogP contribution in [0.25, 0.3) is 0 Å². The van der Waals surface area contributed by atoms with Gasteiger partial charge in [0.05, 0.1) is 0 Å². The lowest BCUT2D eigenvalue weighted by Gasteiger charge is -2.41. The number of rotatable bonds is 10. The van der Waals surface area contributed by atoms with Crippen LogP contribution in [0.15, 0.2) is 0 Å². The van der Waals surface area contributed by atoms with Crippen LogP contribution in [0.5, 0.6) is 0 Å². The van der Waals surface area contributed by atoms with Crippen molar-refractivity contribution in [1.29, 1.82) is 0 Å². The fourth-order valence-electron chi connectivity index (χ4n) is 3.21. The Morgan fingerprint density at radius 3 is 1.41 bits per heavy atom. The van der Waals surface area contributed by atoms with Crippen LogP contribution in [0.4, 0.5) is 0 Å². The van der Waals surface area contributed by atoms with E-state index in [0.717, 1.165) is 25.7 Å². The van der Waals surface area contributed by atoms with Gasteiger partial charge in [0.1, 0.15) is 0 Å². The fourth-order valence-corrected chi connectivity index (χ4v) is 3.21. The summed E-state index contributed by atoms with van der Waals surface area (Å²) in [5, 5.41) is 18.0. The zero-order chi connectivity index (χ0) is 13.3. The first-order chi connectivity index (χ1) is 8.04. The molecule has 2 nitrogen and oxygen atoms in total. The summed E-state index contributed by atoms with van der Waals surface area (Å²) in [5.41, 5.74) is 0.313. The van der Waals surface area contributed by atoms with Crippen LogP contribution in [-0.4, -0.2) is 23.4 Å². The van der Waals surface area contributed by atoms with E-state index in [4.69, 9.17) is 10.2 Å². The van der Waals surface area contributed by atoms with E-state index in [0.29, 0.717) is 30.5 Å². The van der Waals surface area contributed by atoms with Gasteiger partial charge in [-0.3, -0.25) is 0 Å². The maximum absolute atomic E-state index is 8.98. The lowest BCUT2D eigenvalue weighted by Crippen LogP contribution is -2.32. The van der Waals surface area contributed by atoms with Crippen LogP contribution >= 0.6 is 0 Å². The van der Waals surface area contributed by atoms with Gasteiger partial charge in [0.2, 0.25) is 0 Å². The Kier molecular flexibility index (Phi) is 8.89. The highest BCUT2D eigenvalue weighted by molar-refractivity contribution is 4.84. The summed E-state index contributed by atoms with van der Waals surface area (Å²) in [6, 6.07) is 0. The molecule has 17 heavy (non-hydrogen) atoms. The van der Waals surface area contributed by atoms with E-state index >= 15 is 0 Å². The maximum atomic E-state index is 8.98. The van der Waals surface area contributed by atoms with Gasteiger partial charge in [-0.15, -0.1) is 0 Å². The average Bonchev–Trinajstić information content (AvgIpc) is 2.30. The van der Waals surface area contributed by atoms with Gasteiger partial charge in [-0.1, -0.05) is 40.5 Å². The van der Waals surface area contributed by atoms with Crippen LogP contribution in [0.3, 0.4) is 0 Å². The van der Waals surface area contributed by atoms with Crippen LogP contribution in [0, 0.1) is 17.3 Å². The molecule has 0 aromatic heterocycles. The number of hydrogen-bond donors (Lipinski definition) is 2. The lowest BCUT2D eigenvalue weighted by atomic mass is 9.64. The minimum atomic E-state index is 0.306. The van der Waals surface area contributed by atoms with Crippen molar-refractivity contribution in [3.8, 4) is 0 Å². The van der Waals surface area contributed by atoms with Crippen molar-refractivity contribution >= 4 is 0 Å². The summed E-state index contributed by atoms with van der Waals surface area (Å²) in [7, 11) is 0. The van der Waals surface area contributed by atoms with Crippen molar-refractivity contribution < 1.29 is 10.2 Å². The van der Waals surface area contributed by atoms with Crippen molar-refractivity contribution in [3.05, 3.63) is 0 Å². The quantitative estimate of drug-likeness (QED) is 0.616. The minimum Gasteiger partial charge on any atom is -0.396 e. The molecular formula is C15H32O2. The second-order valence-electron chi connectivity index (χ2n) is 5.76. The molecule has 2 heteroatoms. The Morgan fingerprint density at radius 1 is 0.824 bits per heavy atom. The Hall–Kier alpha value is -0.0800. The highest BCUT2D eigenvalue weighted by Gasteiger charge is 2.34. The highest BCUT2D eigenvalue weighted by atomic mass is 16.3. The van der Waals surface area contributed by atoms with Crippen molar-refractivity contribution in [2.75, 3.05) is 13.2 Å².